The van der Waals surface area contributed by atoms with E-state index in [9.17, 15) is 4.79 Å². The fourth-order valence-corrected chi connectivity index (χ4v) is 2.97. The fourth-order valence-electron chi connectivity index (χ4n) is 2.79. The van der Waals surface area contributed by atoms with E-state index in [-0.39, 0.29) is 5.97 Å². The maximum atomic E-state index is 11.7. The topological polar surface area (TPSA) is 41.6 Å². The molecule has 1 atom stereocenters. The Morgan fingerprint density at radius 2 is 2.33 bits per heavy atom. The maximum Gasteiger partial charge on any atom is 0.337 e. The molecule has 0 radical (unpaired) electrons. The molecule has 0 spiro atoms. The Morgan fingerprint density at radius 3 is 2.95 bits per heavy atom. The van der Waals surface area contributed by atoms with Crippen molar-refractivity contribution in [3.8, 4) is 0 Å². The summed E-state index contributed by atoms with van der Waals surface area (Å²) in [6.45, 7) is 6.08. The molecule has 21 heavy (non-hydrogen) atoms. The van der Waals surface area contributed by atoms with Crippen LogP contribution in [0.4, 0.5) is 0 Å². The molecule has 2 rings (SSSR count). The minimum atomic E-state index is -0.322. The summed E-state index contributed by atoms with van der Waals surface area (Å²) in [7, 11) is 1.39. The zero-order valence-electron chi connectivity index (χ0n) is 12.7. The second-order valence-electron chi connectivity index (χ2n) is 5.41. The van der Waals surface area contributed by atoms with Crippen LogP contribution in [0.15, 0.2) is 18.2 Å². The van der Waals surface area contributed by atoms with Gasteiger partial charge in [0, 0.05) is 24.2 Å². The van der Waals surface area contributed by atoms with Crippen molar-refractivity contribution in [3.05, 3.63) is 34.3 Å². The van der Waals surface area contributed by atoms with Crippen LogP contribution >= 0.6 is 11.6 Å². The molecular weight excluding hydrogens is 288 g/mol. The van der Waals surface area contributed by atoms with Gasteiger partial charge in [0.05, 0.1) is 12.7 Å². The molecule has 1 aromatic carbocycles. The van der Waals surface area contributed by atoms with E-state index in [1.54, 1.807) is 12.1 Å². The zero-order chi connectivity index (χ0) is 15.2. The number of rotatable bonds is 6. The maximum absolute atomic E-state index is 11.7. The lowest BCUT2D eigenvalue weighted by Gasteiger charge is -2.28. The molecule has 1 unspecified atom stereocenters. The summed E-state index contributed by atoms with van der Waals surface area (Å²) in [6, 6.07) is 5.88. The highest BCUT2D eigenvalue weighted by molar-refractivity contribution is 6.31. The number of benzene rings is 1. The molecule has 0 amide bonds. The number of nitrogens with zero attached hydrogens (tertiary/aromatic N) is 1. The van der Waals surface area contributed by atoms with Gasteiger partial charge in [-0.2, -0.15) is 0 Å². The van der Waals surface area contributed by atoms with Crippen LogP contribution in [-0.2, 0) is 11.3 Å². The molecule has 1 aliphatic heterocycles. The third kappa shape index (κ3) is 4.19. The number of ether oxygens (including phenoxy) is 1. The third-order valence-corrected chi connectivity index (χ3v) is 4.27. The van der Waals surface area contributed by atoms with E-state index in [0.29, 0.717) is 16.6 Å². The van der Waals surface area contributed by atoms with Gasteiger partial charge in [-0.15, -0.1) is 0 Å². The van der Waals surface area contributed by atoms with Crippen molar-refractivity contribution >= 4 is 17.6 Å². The Labute approximate surface area is 131 Å². The van der Waals surface area contributed by atoms with Gasteiger partial charge >= 0.3 is 5.97 Å². The van der Waals surface area contributed by atoms with Gasteiger partial charge in [0.25, 0.3) is 0 Å². The van der Waals surface area contributed by atoms with Gasteiger partial charge in [-0.3, -0.25) is 4.90 Å². The van der Waals surface area contributed by atoms with Crippen molar-refractivity contribution < 1.29 is 9.53 Å². The first-order valence-electron chi connectivity index (χ1n) is 7.47. The summed E-state index contributed by atoms with van der Waals surface area (Å²) in [5.41, 5.74) is 1.54. The number of esters is 1. The predicted octanol–water partition coefficient (Wildman–Crippen LogP) is 2.70. The first-order chi connectivity index (χ1) is 10.2. The van der Waals surface area contributed by atoms with Gasteiger partial charge in [0.15, 0.2) is 0 Å². The second kappa shape index (κ2) is 7.78. The Kier molecular flexibility index (Phi) is 6.03. The van der Waals surface area contributed by atoms with E-state index >= 15 is 0 Å². The van der Waals surface area contributed by atoms with E-state index in [1.165, 1.54) is 7.11 Å². The molecule has 1 heterocycles. The molecule has 1 fully saturated rings. The van der Waals surface area contributed by atoms with Gasteiger partial charge in [-0.1, -0.05) is 18.5 Å². The molecule has 0 aromatic heterocycles. The number of carbonyl (C=O) groups excluding carboxylic acids is 1. The minimum Gasteiger partial charge on any atom is -0.465 e. The molecular formula is C16H23ClN2O2. The number of methoxy groups -OCH3 is 1. The smallest absolute Gasteiger partial charge is 0.337 e. The Hall–Kier alpha value is -1.10. The van der Waals surface area contributed by atoms with E-state index in [2.05, 4.69) is 17.1 Å². The molecule has 0 saturated carbocycles. The highest BCUT2D eigenvalue weighted by Crippen LogP contribution is 2.22. The van der Waals surface area contributed by atoms with Crippen LogP contribution < -0.4 is 5.32 Å². The van der Waals surface area contributed by atoms with Crippen molar-refractivity contribution in [1.29, 1.82) is 0 Å². The predicted molar refractivity (Wildman–Crippen MR) is 84.8 cm³/mol. The summed E-state index contributed by atoms with van der Waals surface area (Å²) in [4.78, 5) is 14.1. The monoisotopic (exact) mass is 310 g/mol. The largest absolute Gasteiger partial charge is 0.465 e. The number of halogens is 1. The quantitative estimate of drug-likeness (QED) is 0.820. The van der Waals surface area contributed by atoms with Crippen molar-refractivity contribution in [2.24, 2.45) is 0 Å². The highest BCUT2D eigenvalue weighted by atomic mass is 35.5. The van der Waals surface area contributed by atoms with Crippen LogP contribution in [0.1, 0.15) is 35.7 Å². The van der Waals surface area contributed by atoms with Crippen LogP contribution in [0, 0.1) is 0 Å². The lowest BCUT2D eigenvalue weighted by molar-refractivity contribution is 0.0600. The number of nitrogens with one attached hydrogen (secondary N) is 1. The lowest BCUT2D eigenvalue weighted by Crippen LogP contribution is -2.37. The first kappa shape index (κ1) is 16.3. The molecule has 1 N–H and O–H groups in total. The average Bonchev–Trinajstić information content (AvgIpc) is 3.02. The zero-order valence-corrected chi connectivity index (χ0v) is 13.4. The third-order valence-electron chi connectivity index (χ3n) is 3.90. The number of hydrogen-bond acceptors (Lipinski definition) is 4. The average molecular weight is 311 g/mol. The SMILES string of the molecule is CCCN(Cc1cc(C(=O)OC)ccc1Cl)C1CCNC1. The van der Waals surface area contributed by atoms with E-state index in [0.717, 1.165) is 44.6 Å². The number of carbonyl (C=O) groups is 1. The van der Waals surface area contributed by atoms with Gasteiger partial charge < -0.3 is 10.1 Å². The molecule has 0 aliphatic carbocycles. The molecule has 1 aliphatic rings. The molecule has 1 saturated heterocycles. The molecule has 116 valence electrons. The van der Waals surface area contributed by atoms with Crippen LogP contribution in [0.2, 0.25) is 5.02 Å². The van der Waals surface area contributed by atoms with E-state index in [4.69, 9.17) is 16.3 Å². The standard InChI is InChI=1S/C16H23ClN2O2/c1-3-8-19(14-6-7-18-10-14)11-13-9-12(16(20)21-2)4-5-15(13)17/h4-5,9,14,18H,3,6-8,10-11H2,1-2H3. The normalized spacial score (nSPS) is 18.2. The summed E-state index contributed by atoms with van der Waals surface area (Å²) in [6.07, 6.45) is 2.26. The summed E-state index contributed by atoms with van der Waals surface area (Å²) >= 11 is 6.30. The molecule has 1 aromatic rings. The fraction of sp³-hybridized carbons (Fsp3) is 0.562. The molecule has 4 nitrogen and oxygen atoms in total. The second-order valence-corrected chi connectivity index (χ2v) is 5.82. The van der Waals surface area contributed by atoms with E-state index < -0.39 is 0 Å². The van der Waals surface area contributed by atoms with Gasteiger partial charge in [0.1, 0.15) is 0 Å². The first-order valence-corrected chi connectivity index (χ1v) is 7.85. The summed E-state index contributed by atoms with van der Waals surface area (Å²) < 4.78 is 4.78. The van der Waals surface area contributed by atoms with Crippen LogP contribution in [0.25, 0.3) is 0 Å². The van der Waals surface area contributed by atoms with Crippen molar-refractivity contribution in [2.45, 2.75) is 32.4 Å². The van der Waals surface area contributed by atoms with Crippen LogP contribution in [0.5, 0.6) is 0 Å². The Balaban J connectivity index is 2.16. The van der Waals surface area contributed by atoms with Gasteiger partial charge in [-0.25, -0.2) is 4.79 Å². The van der Waals surface area contributed by atoms with Gasteiger partial charge in [-0.05, 0) is 49.7 Å². The summed E-state index contributed by atoms with van der Waals surface area (Å²) in [5, 5.41) is 4.11. The Bertz CT molecular complexity index is 487. The number of hydrogen-bond donors (Lipinski definition) is 1. The molecule has 0 bridgehead atoms. The summed E-state index contributed by atoms with van der Waals surface area (Å²) in [5.74, 6) is -0.322. The van der Waals surface area contributed by atoms with Crippen molar-refractivity contribution in [2.75, 3.05) is 26.7 Å². The van der Waals surface area contributed by atoms with Crippen molar-refractivity contribution in [1.82, 2.24) is 10.2 Å². The Morgan fingerprint density at radius 1 is 1.52 bits per heavy atom. The lowest BCUT2D eigenvalue weighted by atomic mass is 10.1. The highest BCUT2D eigenvalue weighted by Gasteiger charge is 2.22. The van der Waals surface area contributed by atoms with Crippen LogP contribution in [0.3, 0.4) is 0 Å². The molecule has 5 heteroatoms. The minimum absolute atomic E-state index is 0.322. The van der Waals surface area contributed by atoms with Crippen LogP contribution in [-0.4, -0.2) is 43.7 Å². The van der Waals surface area contributed by atoms with E-state index in [1.807, 2.05) is 6.07 Å². The van der Waals surface area contributed by atoms with Gasteiger partial charge in [0.2, 0.25) is 0 Å². The van der Waals surface area contributed by atoms with Crippen molar-refractivity contribution in [3.63, 3.8) is 0 Å².